The van der Waals surface area contributed by atoms with Gasteiger partial charge in [0, 0.05) is 7.05 Å². The van der Waals surface area contributed by atoms with Crippen LogP contribution in [0.25, 0.3) is 0 Å². The number of carbonyl (C=O) groups excluding carboxylic acids is 1. The van der Waals surface area contributed by atoms with Gasteiger partial charge >= 0.3 is 0 Å². The fourth-order valence-corrected chi connectivity index (χ4v) is 1.96. The highest BCUT2D eigenvalue weighted by atomic mass is 16.2. The molecule has 0 saturated carbocycles. The van der Waals surface area contributed by atoms with E-state index in [1.807, 2.05) is 44.3 Å². The van der Waals surface area contributed by atoms with Crippen LogP contribution >= 0.6 is 0 Å². The number of amides is 1. The highest BCUT2D eigenvalue weighted by molar-refractivity contribution is 5.81. The van der Waals surface area contributed by atoms with Crippen molar-refractivity contribution in [2.75, 3.05) is 7.05 Å². The van der Waals surface area contributed by atoms with E-state index in [1.165, 1.54) is 0 Å². The van der Waals surface area contributed by atoms with Crippen LogP contribution in [0.4, 0.5) is 0 Å². The first-order chi connectivity index (χ1) is 8.57. The molecule has 2 N–H and O–H groups in total. The summed E-state index contributed by atoms with van der Waals surface area (Å²) < 4.78 is 0. The van der Waals surface area contributed by atoms with Crippen LogP contribution in [0.15, 0.2) is 30.3 Å². The van der Waals surface area contributed by atoms with E-state index in [0.717, 1.165) is 24.8 Å². The molecule has 0 heterocycles. The van der Waals surface area contributed by atoms with Crippen molar-refractivity contribution >= 4 is 5.91 Å². The predicted molar refractivity (Wildman–Crippen MR) is 75.1 cm³/mol. The Balaban J connectivity index is 2.63. The number of rotatable bonds is 6. The third kappa shape index (κ3) is 3.84. The van der Waals surface area contributed by atoms with Crippen LogP contribution in [0.1, 0.15) is 44.7 Å². The Morgan fingerprint density at radius 3 is 2.50 bits per heavy atom. The molecule has 1 amide bonds. The normalized spacial score (nSPS) is 14.0. The second-order valence-electron chi connectivity index (χ2n) is 4.78. The first kappa shape index (κ1) is 14.7. The topological polar surface area (TPSA) is 46.3 Å². The zero-order valence-electron chi connectivity index (χ0n) is 11.6. The molecule has 1 unspecified atom stereocenters. The summed E-state index contributed by atoms with van der Waals surface area (Å²) in [6, 6.07) is 9.71. The maximum Gasteiger partial charge on any atom is 0.239 e. The van der Waals surface area contributed by atoms with Crippen molar-refractivity contribution in [3.8, 4) is 0 Å². The van der Waals surface area contributed by atoms with Gasteiger partial charge in [-0.05, 0) is 18.9 Å². The Hall–Kier alpha value is -1.35. The van der Waals surface area contributed by atoms with Crippen LogP contribution < -0.4 is 5.73 Å². The van der Waals surface area contributed by atoms with Crippen molar-refractivity contribution in [1.82, 2.24) is 4.90 Å². The van der Waals surface area contributed by atoms with Crippen molar-refractivity contribution in [3.05, 3.63) is 35.9 Å². The lowest BCUT2D eigenvalue weighted by molar-refractivity contribution is -0.133. The van der Waals surface area contributed by atoms with Gasteiger partial charge in [-0.3, -0.25) is 4.79 Å². The number of hydrogen-bond donors (Lipinski definition) is 1. The van der Waals surface area contributed by atoms with Gasteiger partial charge in [0.15, 0.2) is 0 Å². The van der Waals surface area contributed by atoms with E-state index in [9.17, 15) is 4.79 Å². The number of hydrogen-bond acceptors (Lipinski definition) is 2. The zero-order chi connectivity index (χ0) is 13.5. The summed E-state index contributed by atoms with van der Waals surface area (Å²) in [5, 5.41) is 0. The monoisotopic (exact) mass is 248 g/mol. The summed E-state index contributed by atoms with van der Waals surface area (Å²) in [5.41, 5.74) is 7.06. The van der Waals surface area contributed by atoms with Crippen molar-refractivity contribution < 1.29 is 4.79 Å². The van der Waals surface area contributed by atoms with Crippen LogP contribution in [-0.2, 0) is 4.79 Å². The molecule has 0 bridgehead atoms. The molecule has 2 atom stereocenters. The molecule has 1 aromatic carbocycles. The molecule has 0 aliphatic heterocycles. The van der Waals surface area contributed by atoms with Crippen LogP contribution in [0, 0.1) is 0 Å². The van der Waals surface area contributed by atoms with Gasteiger partial charge in [-0.15, -0.1) is 0 Å². The van der Waals surface area contributed by atoms with E-state index in [-0.39, 0.29) is 18.0 Å². The van der Waals surface area contributed by atoms with E-state index in [2.05, 4.69) is 6.92 Å². The van der Waals surface area contributed by atoms with Crippen molar-refractivity contribution in [2.45, 2.75) is 45.2 Å². The molecule has 3 nitrogen and oxygen atoms in total. The molecule has 1 rings (SSSR count). The minimum absolute atomic E-state index is 0.0276. The Morgan fingerprint density at radius 2 is 1.94 bits per heavy atom. The largest absolute Gasteiger partial charge is 0.338 e. The molecule has 0 saturated heterocycles. The van der Waals surface area contributed by atoms with E-state index in [1.54, 1.807) is 4.90 Å². The maximum absolute atomic E-state index is 12.2. The van der Waals surface area contributed by atoms with Gasteiger partial charge in [0.1, 0.15) is 0 Å². The fraction of sp³-hybridized carbons (Fsp3) is 0.533. The van der Waals surface area contributed by atoms with Gasteiger partial charge < -0.3 is 10.6 Å². The summed E-state index contributed by atoms with van der Waals surface area (Å²) in [7, 11) is 1.83. The third-order valence-electron chi connectivity index (χ3n) is 3.40. The third-order valence-corrected chi connectivity index (χ3v) is 3.40. The molecule has 1 aromatic rings. The number of likely N-dealkylation sites (N-methyl/N-ethyl adjacent to an activating group) is 1. The average Bonchev–Trinajstić information content (AvgIpc) is 2.43. The standard InChI is InChI=1S/C15H24N2O/c1-4-5-11-14(16)15(18)17(3)12(2)13-9-7-6-8-10-13/h6-10,12,14H,4-5,11,16H2,1-3H3/t12?,14-/m0/s1. The fourth-order valence-electron chi connectivity index (χ4n) is 1.96. The number of benzene rings is 1. The van der Waals surface area contributed by atoms with E-state index in [4.69, 9.17) is 5.73 Å². The summed E-state index contributed by atoms with van der Waals surface area (Å²) >= 11 is 0. The molecule has 100 valence electrons. The van der Waals surface area contributed by atoms with Gasteiger partial charge in [-0.2, -0.15) is 0 Å². The van der Waals surface area contributed by atoms with Crippen LogP contribution in [0.2, 0.25) is 0 Å². The lowest BCUT2D eigenvalue weighted by Crippen LogP contribution is -2.42. The van der Waals surface area contributed by atoms with E-state index in [0.29, 0.717) is 0 Å². The van der Waals surface area contributed by atoms with Crippen LogP contribution in [0.5, 0.6) is 0 Å². The summed E-state index contributed by atoms with van der Waals surface area (Å²) in [6.07, 6.45) is 2.83. The number of carbonyl (C=O) groups is 1. The van der Waals surface area contributed by atoms with Gasteiger partial charge in [-0.1, -0.05) is 50.1 Å². The van der Waals surface area contributed by atoms with E-state index < -0.39 is 0 Å². The lowest BCUT2D eigenvalue weighted by Gasteiger charge is -2.28. The molecule has 0 spiro atoms. The number of nitrogens with two attached hydrogens (primary N) is 1. The summed E-state index contributed by atoms with van der Waals surface area (Å²) in [6.45, 7) is 4.13. The second kappa shape index (κ2) is 7.17. The van der Waals surface area contributed by atoms with Crippen molar-refractivity contribution in [3.63, 3.8) is 0 Å². The van der Waals surface area contributed by atoms with Gasteiger partial charge in [0.05, 0.1) is 12.1 Å². The van der Waals surface area contributed by atoms with Crippen LogP contribution in [0.3, 0.4) is 0 Å². The summed E-state index contributed by atoms with van der Waals surface area (Å²) in [4.78, 5) is 13.9. The quantitative estimate of drug-likeness (QED) is 0.841. The van der Waals surface area contributed by atoms with E-state index >= 15 is 0 Å². The molecule has 0 aliphatic rings. The van der Waals surface area contributed by atoms with Crippen molar-refractivity contribution in [2.24, 2.45) is 5.73 Å². The Bertz CT molecular complexity index is 364. The van der Waals surface area contributed by atoms with Crippen LogP contribution in [-0.4, -0.2) is 23.9 Å². The maximum atomic E-state index is 12.2. The minimum atomic E-state index is -0.374. The lowest BCUT2D eigenvalue weighted by atomic mass is 10.1. The highest BCUT2D eigenvalue weighted by Crippen LogP contribution is 2.19. The first-order valence-corrected chi connectivity index (χ1v) is 6.65. The summed E-state index contributed by atoms with van der Waals surface area (Å²) in [5.74, 6) is 0.0276. The van der Waals surface area contributed by atoms with Gasteiger partial charge in [0.25, 0.3) is 0 Å². The zero-order valence-corrected chi connectivity index (χ0v) is 11.6. The van der Waals surface area contributed by atoms with Gasteiger partial charge in [0.2, 0.25) is 5.91 Å². The number of unbranched alkanes of at least 4 members (excludes halogenated alkanes) is 1. The predicted octanol–water partition coefficient (Wildman–Crippen LogP) is 2.72. The molecule has 18 heavy (non-hydrogen) atoms. The van der Waals surface area contributed by atoms with Crippen molar-refractivity contribution in [1.29, 1.82) is 0 Å². The molecule has 0 fully saturated rings. The second-order valence-corrected chi connectivity index (χ2v) is 4.78. The minimum Gasteiger partial charge on any atom is -0.338 e. The Morgan fingerprint density at radius 1 is 1.33 bits per heavy atom. The molecule has 3 heteroatoms. The smallest absolute Gasteiger partial charge is 0.239 e. The average molecular weight is 248 g/mol. The van der Waals surface area contributed by atoms with Gasteiger partial charge in [-0.25, -0.2) is 0 Å². The SMILES string of the molecule is CCCC[C@H](N)C(=O)N(C)C(C)c1ccccc1. The molecule has 0 aromatic heterocycles. The Kier molecular flexibility index (Phi) is 5.86. The molecule has 0 aliphatic carbocycles. The first-order valence-electron chi connectivity index (χ1n) is 6.65. The number of nitrogens with zero attached hydrogens (tertiary/aromatic N) is 1. The molecular weight excluding hydrogens is 224 g/mol. The molecular formula is C15H24N2O. The Labute approximate surface area is 110 Å². The molecule has 0 radical (unpaired) electrons. The highest BCUT2D eigenvalue weighted by Gasteiger charge is 2.22.